The van der Waals surface area contributed by atoms with E-state index in [1.807, 2.05) is 31.2 Å². The first-order valence-electron chi connectivity index (χ1n) is 8.82. The van der Waals surface area contributed by atoms with Gasteiger partial charge in [-0.05, 0) is 31.5 Å². The molecule has 0 saturated heterocycles. The van der Waals surface area contributed by atoms with Crippen molar-refractivity contribution in [1.29, 1.82) is 0 Å². The van der Waals surface area contributed by atoms with E-state index >= 15 is 0 Å². The zero-order valence-electron chi connectivity index (χ0n) is 15.3. The Hall–Kier alpha value is -3.35. The number of aromatic nitrogens is 2. The first kappa shape index (κ1) is 19.4. The smallest absolute Gasteiger partial charge is 0.266 e. The number of benzene rings is 2. The van der Waals surface area contributed by atoms with Gasteiger partial charge in [-0.1, -0.05) is 29.8 Å². The van der Waals surface area contributed by atoms with Crippen molar-refractivity contribution in [2.75, 3.05) is 5.32 Å². The van der Waals surface area contributed by atoms with Crippen LogP contribution < -0.4 is 10.9 Å². The predicted molar refractivity (Wildman–Crippen MR) is 103 cm³/mol. The van der Waals surface area contributed by atoms with Gasteiger partial charge in [0.25, 0.3) is 5.56 Å². The second kappa shape index (κ2) is 8.56. The Morgan fingerprint density at radius 3 is 2.57 bits per heavy atom. The average Bonchev–Trinajstić information content (AvgIpc) is 2.67. The van der Waals surface area contributed by atoms with Crippen LogP contribution in [0.1, 0.15) is 18.4 Å². The van der Waals surface area contributed by atoms with Gasteiger partial charge in [0.2, 0.25) is 5.91 Å². The quantitative estimate of drug-likeness (QED) is 0.702. The van der Waals surface area contributed by atoms with Gasteiger partial charge in [-0.2, -0.15) is 5.10 Å². The lowest BCUT2D eigenvalue weighted by atomic mass is 10.1. The van der Waals surface area contributed by atoms with Gasteiger partial charge >= 0.3 is 0 Å². The van der Waals surface area contributed by atoms with Gasteiger partial charge in [0.1, 0.15) is 11.6 Å². The number of hydrogen-bond acceptors (Lipinski definition) is 3. The first-order chi connectivity index (χ1) is 13.4. The highest BCUT2D eigenvalue weighted by atomic mass is 19.1. The molecule has 0 unspecified atom stereocenters. The molecular formula is C21H19F2N3O2. The van der Waals surface area contributed by atoms with E-state index in [-0.39, 0.29) is 24.2 Å². The Kier molecular flexibility index (Phi) is 5.93. The van der Waals surface area contributed by atoms with Gasteiger partial charge < -0.3 is 5.32 Å². The number of halogens is 2. The van der Waals surface area contributed by atoms with Crippen molar-refractivity contribution in [1.82, 2.24) is 9.78 Å². The van der Waals surface area contributed by atoms with Crippen molar-refractivity contribution < 1.29 is 13.6 Å². The van der Waals surface area contributed by atoms with Crippen LogP contribution in [0.2, 0.25) is 0 Å². The van der Waals surface area contributed by atoms with E-state index in [1.54, 1.807) is 6.07 Å². The number of anilines is 1. The summed E-state index contributed by atoms with van der Waals surface area (Å²) in [4.78, 5) is 24.0. The van der Waals surface area contributed by atoms with E-state index < -0.39 is 17.5 Å². The van der Waals surface area contributed by atoms with Crippen molar-refractivity contribution in [2.45, 2.75) is 26.3 Å². The largest absolute Gasteiger partial charge is 0.324 e. The van der Waals surface area contributed by atoms with Crippen molar-refractivity contribution in [3.05, 3.63) is 82.1 Å². The number of aryl methyl sites for hydroxylation is 2. The molecule has 0 aliphatic rings. The molecule has 28 heavy (non-hydrogen) atoms. The lowest BCUT2D eigenvalue weighted by Gasteiger charge is -2.09. The number of amides is 1. The van der Waals surface area contributed by atoms with Crippen LogP contribution in [0.4, 0.5) is 14.5 Å². The van der Waals surface area contributed by atoms with Crippen LogP contribution in [0, 0.1) is 18.6 Å². The van der Waals surface area contributed by atoms with Crippen molar-refractivity contribution in [2.24, 2.45) is 0 Å². The van der Waals surface area contributed by atoms with Crippen LogP contribution in [0.5, 0.6) is 0 Å². The minimum atomic E-state index is -0.710. The monoisotopic (exact) mass is 383 g/mol. The SMILES string of the molecule is Cc1ccc(-c2ccc(=O)n(CCCC(=O)Nc3cc(F)ccc3F)n2)cc1. The normalized spacial score (nSPS) is 10.7. The summed E-state index contributed by atoms with van der Waals surface area (Å²) >= 11 is 0. The summed E-state index contributed by atoms with van der Waals surface area (Å²) in [5, 5.41) is 6.67. The Morgan fingerprint density at radius 2 is 1.82 bits per heavy atom. The molecule has 1 N–H and O–H groups in total. The third-order valence-electron chi connectivity index (χ3n) is 4.19. The number of nitrogens with zero attached hydrogens (tertiary/aromatic N) is 2. The second-order valence-corrected chi connectivity index (χ2v) is 6.42. The molecule has 0 atom stereocenters. The highest BCUT2D eigenvalue weighted by molar-refractivity contribution is 5.90. The van der Waals surface area contributed by atoms with E-state index in [9.17, 15) is 18.4 Å². The van der Waals surface area contributed by atoms with E-state index in [0.717, 1.165) is 29.3 Å². The van der Waals surface area contributed by atoms with Crippen molar-refractivity contribution >= 4 is 11.6 Å². The molecule has 0 aliphatic heterocycles. The zero-order chi connectivity index (χ0) is 20.1. The summed E-state index contributed by atoms with van der Waals surface area (Å²) in [5.41, 5.74) is 2.19. The molecule has 7 heteroatoms. The third kappa shape index (κ3) is 4.88. The molecule has 0 spiro atoms. The van der Waals surface area contributed by atoms with Crippen molar-refractivity contribution in [3.63, 3.8) is 0 Å². The second-order valence-electron chi connectivity index (χ2n) is 6.42. The Labute approximate surface area is 160 Å². The maximum absolute atomic E-state index is 13.6. The molecule has 1 heterocycles. The lowest BCUT2D eigenvalue weighted by Crippen LogP contribution is -2.23. The molecule has 2 aromatic carbocycles. The van der Waals surface area contributed by atoms with Crippen LogP contribution in [0.15, 0.2) is 59.4 Å². The molecule has 1 aromatic heterocycles. The van der Waals surface area contributed by atoms with E-state index in [2.05, 4.69) is 10.4 Å². The predicted octanol–water partition coefficient (Wildman–Crippen LogP) is 3.92. The number of carbonyl (C=O) groups excluding carboxylic acids is 1. The topological polar surface area (TPSA) is 64.0 Å². The molecule has 0 bridgehead atoms. The number of carbonyl (C=O) groups is 1. The molecule has 5 nitrogen and oxygen atoms in total. The molecule has 144 valence electrons. The van der Waals surface area contributed by atoms with Crippen LogP contribution in [-0.4, -0.2) is 15.7 Å². The maximum atomic E-state index is 13.6. The van der Waals surface area contributed by atoms with Gasteiger partial charge in [-0.15, -0.1) is 0 Å². The third-order valence-corrected chi connectivity index (χ3v) is 4.19. The summed E-state index contributed by atoms with van der Waals surface area (Å²) in [7, 11) is 0. The van der Waals surface area contributed by atoms with E-state index in [4.69, 9.17) is 0 Å². The first-order valence-corrected chi connectivity index (χ1v) is 8.82. The van der Waals surface area contributed by atoms with Crippen molar-refractivity contribution in [3.8, 4) is 11.3 Å². The van der Waals surface area contributed by atoms with Crippen LogP contribution >= 0.6 is 0 Å². The Morgan fingerprint density at radius 1 is 1.07 bits per heavy atom. The molecule has 0 radical (unpaired) electrons. The summed E-state index contributed by atoms with van der Waals surface area (Å²) in [6.45, 7) is 2.22. The zero-order valence-corrected chi connectivity index (χ0v) is 15.3. The van der Waals surface area contributed by atoms with Crippen LogP contribution in [0.25, 0.3) is 11.3 Å². The molecule has 3 rings (SSSR count). The van der Waals surface area contributed by atoms with Crippen LogP contribution in [0.3, 0.4) is 0 Å². The minimum absolute atomic E-state index is 0.0405. The molecule has 0 fully saturated rings. The van der Waals surface area contributed by atoms with Gasteiger partial charge in [-0.25, -0.2) is 13.5 Å². The fourth-order valence-electron chi connectivity index (χ4n) is 2.68. The standard InChI is InChI=1S/C21H19F2N3O2/c1-14-4-6-15(7-5-14)18-10-11-21(28)26(25-18)12-2-3-20(27)24-19-13-16(22)8-9-17(19)23/h4-11,13H,2-3,12H2,1H3,(H,24,27). The fourth-order valence-corrected chi connectivity index (χ4v) is 2.68. The lowest BCUT2D eigenvalue weighted by molar-refractivity contribution is -0.116. The highest BCUT2D eigenvalue weighted by Gasteiger charge is 2.09. The van der Waals surface area contributed by atoms with Crippen LogP contribution in [-0.2, 0) is 11.3 Å². The summed E-state index contributed by atoms with van der Waals surface area (Å²) in [6, 6.07) is 13.7. The van der Waals surface area contributed by atoms with E-state index in [0.29, 0.717) is 12.1 Å². The molecule has 0 saturated carbocycles. The van der Waals surface area contributed by atoms with E-state index in [1.165, 1.54) is 10.7 Å². The van der Waals surface area contributed by atoms with Gasteiger partial charge in [0, 0.05) is 30.7 Å². The molecular weight excluding hydrogens is 364 g/mol. The van der Waals surface area contributed by atoms with Gasteiger partial charge in [-0.3, -0.25) is 9.59 Å². The Bertz CT molecular complexity index is 1050. The van der Waals surface area contributed by atoms with Gasteiger partial charge in [0.05, 0.1) is 11.4 Å². The number of nitrogens with one attached hydrogen (secondary N) is 1. The number of hydrogen-bond donors (Lipinski definition) is 1. The minimum Gasteiger partial charge on any atom is -0.324 e. The average molecular weight is 383 g/mol. The summed E-state index contributed by atoms with van der Waals surface area (Å²) < 4.78 is 28.0. The fraction of sp³-hybridized carbons (Fsp3) is 0.190. The molecule has 3 aromatic rings. The van der Waals surface area contributed by atoms with Gasteiger partial charge in [0.15, 0.2) is 0 Å². The molecule has 0 aliphatic carbocycles. The summed E-state index contributed by atoms with van der Waals surface area (Å²) in [6.07, 6.45) is 0.367. The molecule has 1 amide bonds. The summed E-state index contributed by atoms with van der Waals surface area (Å²) in [5.74, 6) is -1.81. The highest BCUT2D eigenvalue weighted by Crippen LogP contribution is 2.17. The number of rotatable bonds is 6. The Balaban J connectivity index is 1.62. The maximum Gasteiger partial charge on any atom is 0.266 e.